The summed E-state index contributed by atoms with van der Waals surface area (Å²) < 4.78 is 6.42. The Bertz CT molecular complexity index is 796. The van der Waals surface area contributed by atoms with Crippen molar-refractivity contribution in [1.29, 1.82) is 0 Å². The van der Waals surface area contributed by atoms with Crippen LogP contribution in [0.25, 0.3) is 0 Å². The zero-order valence-corrected chi connectivity index (χ0v) is 16.2. The van der Waals surface area contributed by atoms with Crippen LogP contribution in [0.1, 0.15) is 20.3 Å². The Hall–Kier alpha value is -2.13. The smallest absolute Gasteiger partial charge is 0.231 e. The molecule has 1 N–H and O–H groups in total. The summed E-state index contributed by atoms with van der Waals surface area (Å²) >= 11 is 2.92. The average Bonchev–Trinajstić information content (AvgIpc) is 3.23. The van der Waals surface area contributed by atoms with Crippen molar-refractivity contribution in [3.8, 4) is 5.75 Å². The zero-order chi connectivity index (χ0) is 18.5. The number of carbonyl (C=O) groups is 2. The van der Waals surface area contributed by atoms with Crippen molar-refractivity contribution in [3.05, 3.63) is 24.3 Å². The van der Waals surface area contributed by atoms with E-state index >= 15 is 0 Å². The molecule has 1 aliphatic rings. The second-order valence-electron chi connectivity index (χ2n) is 5.60. The van der Waals surface area contributed by atoms with Gasteiger partial charge in [0.2, 0.25) is 16.9 Å². The average molecular weight is 393 g/mol. The largest absolute Gasteiger partial charge is 0.492 e. The van der Waals surface area contributed by atoms with E-state index in [1.54, 1.807) is 16.7 Å². The molecule has 9 heteroatoms. The molecule has 0 bridgehead atoms. The van der Waals surface area contributed by atoms with Crippen molar-refractivity contribution in [2.45, 2.75) is 24.6 Å². The standard InChI is InChI=1S/C17H20N4O3S2/c1-3-24-13-8-6-5-7-12(13)21-10-11(9-14(21)22)15(23)18-16-19-20-17(26-16)25-4-2/h5-8,11H,3-4,9-10H2,1-2H3,(H,18,19,23). The van der Waals surface area contributed by atoms with Crippen LogP contribution in [-0.2, 0) is 9.59 Å². The summed E-state index contributed by atoms with van der Waals surface area (Å²) in [5.74, 6) is 0.822. The van der Waals surface area contributed by atoms with E-state index in [9.17, 15) is 9.59 Å². The van der Waals surface area contributed by atoms with Crippen molar-refractivity contribution >= 4 is 45.7 Å². The Balaban J connectivity index is 1.68. The topological polar surface area (TPSA) is 84.4 Å². The molecule has 1 aromatic heterocycles. The van der Waals surface area contributed by atoms with E-state index in [1.807, 2.05) is 38.1 Å². The Kier molecular flexibility index (Phi) is 6.10. The highest BCUT2D eigenvalue weighted by Gasteiger charge is 2.36. The number of aromatic nitrogens is 2. The summed E-state index contributed by atoms with van der Waals surface area (Å²) in [6, 6.07) is 7.38. The van der Waals surface area contributed by atoms with Gasteiger partial charge in [0.1, 0.15) is 5.75 Å². The number of para-hydroxylation sites is 2. The lowest BCUT2D eigenvalue weighted by Gasteiger charge is -2.20. The Morgan fingerprint density at radius 3 is 2.96 bits per heavy atom. The minimum Gasteiger partial charge on any atom is -0.492 e. The zero-order valence-electron chi connectivity index (χ0n) is 14.6. The van der Waals surface area contributed by atoms with Gasteiger partial charge in [-0.25, -0.2) is 0 Å². The van der Waals surface area contributed by atoms with Gasteiger partial charge in [-0.05, 0) is 24.8 Å². The third kappa shape index (κ3) is 4.16. The first kappa shape index (κ1) is 18.7. The van der Waals surface area contributed by atoms with Gasteiger partial charge in [-0.1, -0.05) is 42.2 Å². The van der Waals surface area contributed by atoms with Gasteiger partial charge in [0.15, 0.2) is 4.34 Å². The first-order valence-electron chi connectivity index (χ1n) is 8.41. The van der Waals surface area contributed by atoms with Gasteiger partial charge in [-0.15, -0.1) is 10.2 Å². The molecule has 3 rings (SSSR count). The molecule has 1 aliphatic heterocycles. The summed E-state index contributed by atoms with van der Waals surface area (Å²) in [5, 5.41) is 11.2. The molecule has 1 aromatic carbocycles. The van der Waals surface area contributed by atoms with Crippen LogP contribution in [0.2, 0.25) is 0 Å². The lowest BCUT2D eigenvalue weighted by molar-refractivity contribution is -0.122. The normalized spacial score (nSPS) is 16.8. The third-order valence-corrected chi connectivity index (χ3v) is 5.71. The fourth-order valence-corrected chi connectivity index (χ4v) is 4.38. The number of hydrogen-bond acceptors (Lipinski definition) is 7. The second-order valence-corrected chi connectivity index (χ2v) is 8.09. The van der Waals surface area contributed by atoms with Crippen LogP contribution in [0.4, 0.5) is 10.8 Å². The van der Waals surface area contributed by atoms with E-state index in [2.05, 4.69) is 15.5 Å². The van der Waals surface area contributed by atoms with Crippen molar-refractivity contribution < 1.29 is 14.3 Å². The van der Waals surface area contributed by atoms with Crippen molar-refractivity contribution in [2.75, 3.05) is 29.1 Å². The predicted molar refractivity (Wildman–Crippen MR) is 103 cm³/mol. The van der Waals surface area contributed by atoms with E-state index in [0.29, 0.717) is 29.7 Å². The molecule has 1 atom stereocenters. The van der Waals surface area contributed by atoms with Gasteiger partial charge >= 0.3 is 0 Å². The number of thioether (sulfide) groups is 1. The van der Waals surface area contributed by atoms with Crippen molar-refractivity contribution in [2.24, 2.45) is 5.92 Å². The SMILES string of the molecule is CCOc1ccccc1N1CC(C(=O)Nc2nnc(SCC)s2)CC1=O. The van der Waals surface area contributed by atoms with Gasteiger partial charge < -0.3 is 15.0 Å². The molecule has 1 saturated heterocycles. The number of ether oxygens (including phenoxy) is 1. The minimum atomic E-state index is -0.427. The van der Waals surface area contributed by atoms with E-state index < -0.39 is 5.92 Å². The summed E-state index contributed by atoms with van der Waals surface area (Å²) in [5.41, 5.74) is 0.701. The Labute approximate surface area is 160 Å². The number of nitrogens with one attached hydrogen (secondary N) is 1. The van der Waals surface area contributed by atoms with E-state index in [4.69, 9.17) is 4.74 Å². The second kappa shape index (κ2) is 8.50. The molecule has 1 unspecified atom stereocenters. The predicted octanol–water partition coefficient (Wildman–Crippen LogP) is 3.04. The van der Waals surface area contributed by atoms with Gasteiger partial charge in [-0.3, -0.25) is 9.59 Å². The highest BCUT2D eigenvalue weighted by molar-refractivity contribution is 8.01. The van der Waals surface area contributed by atoms with Gasteiger partial charge in [0.25, 0.3) is 0 Å². The lowest BCUT2D eigenvalue weighted by atomic mass is 10.1. The molecule has 0 saturated carbocycles. The number of anilines is 2. The summed E-state index contributed by atoms with van der Waals surface area (Å²) in [6.07, 6.45) is 0.168. The molecule has 0 radical (unpaired) electrons. The van der Waals surface area contributed by atoms with Crippen LogP contribution in [0.15, 0.2) is 28.6 Å². The van der Waals surface area contributed by atoms with Crippen LogP contribution < -0.4 is 15.0 Å². The Morgan fingerprint density at radius 2 is 2.19 bits per heavy atom. The van der Waals surface area contributed by atoms with Crippen LogP contribution in [0, 0.1) is 5.92 Å². The highest BCUT2D eigenvalue weighted by atomic mass is 32.2. The maximum atomic E-state index is 12.5. The number of rotatable bonds is 7. The van der Waals surface area contributed by atoms with Crippen LogP contribution >= 0.6 is 23.1 Å². The van der Waals surface area contributed by atoms with E-state index in [0.717, 1.165) is 10.1 Å². The fourth-order valence-electron chi connectivity index (χ4n) is 2.72. The highest BCUT2D eigenvalue weighted by Crippen LogP contribution is 2.33. The molecule has 7 nitrogen and oxygen atoms in total. The molecule has 2 amide bonds. The molecule has 1 fully saturated rings. The number of hydrogen-bond donors (Lipinski definition) is 1. The minimum absolute atomic E-state index is 0.0863. The molecular formula is C17H20N4O3S2. The van der Waals surface area contributed by atoms with Crippen LogP contribution in [-0.4, -0.2) is 40.9 Å². The molecule has 2 aromatic rings. The molecule has 0 spiro atoms. The third-order valence-electron chi connectivity index (χ3n) is 3.86. The van der Waals surface area contributed by atoms with E-state index in [-0.39, 0.29) is 18.2 Å². The fraction of sp³-hybridized carbons (Fsp3) is 0.412. The first-order valence-corrected chi connectivity index (χ1v) is 10.2. The van der Waals surface area contributed by atoms with Crippen LogP contribution in [0.5, 0.6) is 5.75 Å². The monoisotopic (exact) mass is 392 g/mol. The summed E-state index contributed by atoms with van der Waals surface area (Å²) in [4.78, 5) is 26.6. The summed E-state index contributed by atoms with van der Waals surface area (Å²) in [6.45, 7) is 4.76. The number of nitrogens with zero attached hydrogens (tertiary/aromatic N) is 3. The van der Waals surface area contributed by atoms with E-state index in [1.165, 1.54) is 11.3 Å². The Morgan fingerprint density at radius 1 is 1.38 bits per heavy atom. The van der Waals surface area contributed by atoms with Gasteiger partial charge in [0.05, 0.1) is 18.2 Å². The number of amides is 2. The lowest BCUT2D eigenvalue weighted by Crippen LogP contribution is -2.28. The quantitative estimate of drug-likeness (QED) is 0.576. The first-order chi connectivity index (χ1) is 12.6. The van der Waals surface area contributed by atoms with Gasteiger partial charge in [0, 0.05) is 13.0 Å². The maximum Gasteiger partial charge on any atom is 0.231 e. The molecule has 138 valence electrons. The number of carbonyl (C=O) groups excluding carboxylic acids is 2. The summed E-state index contributed by atoms with van der Waals surface area (Å²) in [7, 11) is 0. The van der Waals surface area contributed by atoms with Crippen LogP contribution in [0.3, 0.4) is 0 Å². The molecule has 26 heavy (non-hydrogen) atoms. The molecule has 2 heterocycles. The van der Waals surface area contributed by atoms with Crippen molar-refractivity contribution in [1.82, 2.24) is 10.2 Å². The maximum absolute atomic E-state index is 12.5. The molecular weight excluding hydrogens is 372 g/mol. The molecule has 0 aliphatic carbocycles. The number of benzene rings is 1. The van der Waals surface area contributed by atoms with Crippen molar-refractivity contribution in [3.63, 3.8) is 0 Å². The van der Waals surface area contributed by atoms with Gasteiger partial charge in [-0.2, -0.15) is 0 Å².